The van der Waals surface area contributed by atoms with Crippen LogP contribution in [0.2, 0.25) is 0 Å². The Morgan fingerprint density at radius 3 is 2.32 bits per heavy atom. The molecular weight excluding hydrogens is 252 g/mol. The van der Waals surface area contributed by atoms with Crippen molar-refractivity contribution in [3.05, 3.63) is 65.7 Å². The minimum absolute atomic E-state index is 0.533. The molecule has 0 amide bonds. The van der Waals surface area contributed by atoms with Crippen molar-refractivity contribution in [1.29, 1.82) is 0 Å². The Labute approximate surface area is 123 Å². The van der Waals surface area contributed by atoms with Crippen molar-refractivity contribution in [2.24, 2.45) is 5.92 Å². The summed E-state index contributed by atoms with van der Waals surface area (Å²) < 4.78 is 0. The number of rotatable bonds is 5. The van der Waals surface area contributed by atoms with Gasteiger partial charge in [0.2, 0.25) is 0 Å². The molecule has 1 atom stereocenters. The van der Waals surface area contributed by atoms with E-state index in [4.69, 9.17) is 11.6 Å². The molecule has 1 rings (SSSR count). The molecule has 19 heavy (non-hydrogen) atoms. The van der Waals surface area contributed by atoms with E-state index in [9.17, 15) is 0 Å². The summed E-state index contributed by atoms with van der Waals surface area (Å²) in [6.07, 6.45) is 7.02. The predicted molar refractivity (Wildman–Crippen MR) is 89.4 cm³/mol. The van der Waals surface area contributed by atoms with Crippen LogP contribution in [0, 0.1) is 5.92 Å². The van der Waals surface area contributed by atoms with Crippen molar-refractivity contribution in [2.75, 3.05) is 0 Å². The summed E-state index contributed by atoms with van der Waals surface area (Å²) >= 11 is 5.71. The van der Waals surface area contributed by atoms with E-state index in [-0.39, 0.29) is 0 Å². The van der Waals surface area contributed by atoms with E-state index in [0.717, 1.165) is 6.42 Å². The zero-order valence-corrected chi connectivity index (χ0v) is 13.2. The van der Waals surface area contributed by atoms with E-state index < -0.39 is 0 Å². The van der Waals surface area contributed by atoms with E-state index in [1.165, 1.54) is 11.1 Å². The van der Waals surface area contributed by atoms with Crippen molar-refractivity contribution >= 4 is 17.2 Å². The molecule has 0 saturated carbocycles. The molecular formula is C18H25Cl. The molecule has 0 fully saturated rings. The highest BCUT2D eigenvalue weighted by atomic mass is 35.5. The fourth-order valence-corrected chi connectivity index (χ4v) is 1.72. The maximum Gasteiger partial charge on any atom is 0.0334 e. The van der Waals surface area contributed by atoms with Gasteiger partial charge in [-0.25, -0.2) is 0 Å². The van der Waals surface area contributed by atoms with Crippen molar-refractivity contribution in [1.82, 2.24) is 0 Å². The van der Waals surface area contributed by atoms with Gasteiger partial charge in [-0.1, -0.05) is 88.4 Å². The van der Waals surface area contributed by atoms with Crippen LogP contribution in [0.3, 0.4) is 0 Å². The van der Waals surface area contributed by atoms with Crippen molar-refractivity contribution in [3.8, 4) is 0 Å². The lowest BCUT2D eigenvalue weighted by Crippen LogP contribution is -1.96. The summed E-state index contributed by atoms with van der Waals surface area (Å²) in [5, 5.41) is 0.554. The quantitative estimate of drug-likeness (QED) is 0.542. The standard InChI is InChI=1S/C16H19Cl.C2H6/c1-4-13(2)16(12-8-9-14(3)17)15-10-6-5-7-11-15;1-2/h5-13H,3-4H2,1-2H3;1-2H3/b9-8-,16-12+;. The van der Waals surface area contributed by atoms with Gasteiger partial charge >= 0.3 is 0 Å². The molecule has 0 radical (unpaired) electrons. The van der Waals surface area contributed by atoms with E-state index in [1.54, 1.807) is 0 Å². The summed E-state index contributed by atoms with van der Waals surface area (Å²) in [5.74, 6) is 0.533. The van der Waals surface area contributed by atoms with Gasteiger partial charge in [0.05, 0.1) is 0 Å². The van der Waals surface area contributed by atoms with Crippen molar-refractivity contribution in [2.45, 2.75) is 34.1 Å². The Morgan fingerprint density at radius 1 is 1.26 bits per heavy atom. The number of hydrogen-bond acceptors (Lipinski definition) is 0. The van der Waals surface area contributed by atoms with E-state index in [1.807, 2.05) is 32.1 Å². The van der Waals surface area contributed by atoms with Crippen LogP contribution >= 0.6 is 11.6 Å². The van der Waals surface area contributed by atoms with Gasteiger partial charge in [0, 0.05) is 5.03 Å². The SMILES string of the molecule is C=C(Cl)/C=C\C=C(\c1ccccc1)C(C)CC.CC. The molecule has 104 valence electrons. The van der Waals surface area contributed by atoms with Crippen LogP contribution in [0.15, 0.2) is 60.2 Å². The van der Waals surface area contributed by atoms with Gasteiger partial charge in [-0.3, -0.25) is 0 Å². The third-order valence-corrected chi connectivity index (χ3v) is 2.93. The lowest BCUT2D eigenvalue weighted by molar-refractivity contribution is 0.718. The minimum Gasteiger partial charge on any atom is -0.0850 e. The zero-order valence-electron chi connectivity index (χ0n) is 12.5. The van der Waals surface area contributed by atoms with Crippen LogP contribution in [-0.2, 0) is 0 Å². The second-order valence-electron chi connectivity index (χ2n) is 4.10. The molecule has 0 aromatic heterocycles. The summed E-state index contributed by atoms with van der Waals surface area (Å²) in [7, 11) is 0. The van der Waals surface area contributed by atoms with Gasteiger partial charge in [0.1, 0.15) is 0 Å². The van der Waals surface area contributed by atoms with Crippen LogP contribution < -0.4 is 0 Å². The fourth-order valence-electron chi connectivity index (χ4n) is 1.65. The first kappa shape index (κ1) is 17.7. The second kappa shape index (κ2) is 10.6. The average molecular weight is 277 g/mol. The largest absolute Gasteiger partial charge is 0.0850 e. The molecule has 0 saturated heterocycles. The first-order valence-corrected chi connectivity index (χ1v) is 7.31. The molecule has 0 heterocycles. The van der Waals surface area contributed by atoms with Crippen LogP contribution in [0.5, 0.6) is 0 Å². The molecule has 0 N–H and O–H groups in total. The molecule has 1 aromatic rings. The molecule has 1 unspecified atom stereocenters. The second-order valence-corrected chi connectivity index (χ2v) is 4.59. The van der Waals surface area contributed by atoms with E-state index >= 15 is 0 Å². The van der Waals surface area contributed by atoms with Crippen LogP contribution in [0.1, 0.15) is 39.7 Å². The first-order chi connectivity index (χ1) is 9.15. The molecule has 0 aliphatic heterocycles. The van der Waals surface area contributed by atoms with Crippen molar-refractivity contribution < 1.29 is 0 Å². The topological polar surface area (TPSA) is 0 Å². The summed E-state index contributed by atoms with van der Waals surface area (Å²) in [6, 6.07) is 10.4. The maximum atomic E-state index is 5.71. The zero-order chi connectivity index (χ0) is 14.7. The molecule has 0 aliphatic carbocycles. The molecule has 1 aromatic carbocycles. The smallest absolute Gasteiger partial charge is 0.0334 e. The third-order valence-electron chi connectivity index (χ3n) is 2.80. The third kappa shape index (κ3) is 7.03. The normalized spacial score (nSPS) is 12.8. The van der Waals surface area contributed by atoms with Gasteiger partial charge in [0.25, 0.3) is 0 Å². The molecule has 1 heteroatoms. The Hall–Kier alpha value is -1.27. The summed E-state index contributed by atoms with van der Waals surface area (Å²) in [6.45, 7) is 12.1. The van der Waals surface area contributed by atoms with Gasteiger partial charge < -0.3 is 0 Å². The van der Waals surface area contributed by atoms with E-state index in [0.29, 0.717) is 11.0 Å². The summed E-state index contributed by atoms with van der Waals surface area (Å²) in [5.41, 5.74) is 2.61. The Balaban J connectivity index is 0.00000154. The number of halogens is 1. The average Bonchev–Trinajstić information content (AvgIpc) is 2.45. The maximum absolute atomic E-state index is 5.71. The predicted octanol–water partition coefficient (Wildman–Crippen LogP) is 6.45. The highest BCUT2D eigenvalue weighted by molar-refractivity contribution is 6.30. The van der Waals surface area contributed by atoms with Crippen LogP contribution in [-0.4, -0.2) is 0 Å². The first-order valence-electron chi connectivity index (χ1n) is 6.93. The van der Waals surface area contributed by atoms with Gasteiger partial charge in [-0.2, -0.15) is 0 Å². The van der Waals surface area contributed by atoms with E-state index in [2.05, 4.69) is 50.8 Å². The Morgan fingerprint density at radius 2 is 1.84 bits per heavy atom. The van der Waals surface area contributed by atoms with Crippen LogP contribution in [0.25, 0.3) is 5.57 Å². The lowest BCUT2D eigenvalue weighted by Gasteiger charge is -2.13. The van der Waals surface area contributed by atoms with Gasteiger partial charge in [-0.15, -0.1) is 0 Å². The van der Waals surface area contributed by atoms with Gasteiger partial charge in [-0.05, 0) is 29.6 Å². The highest BCUT2D eigenvalue weighted by Gasteiger charge is 2.07. The van der Waals surface area contributed by atoms with Crippen molar-refractivity contribution in [3.63, 3.8) is 0 Å². The number of hydrogen-bond donors (Lipinski definition) is 0. The minimum atomic E-state index is 0.533. The Bertz CT molecular complexity index is 413. The molecule has 0 bridgehead atoms. The highest BCUT2D eigenvalue weighted by Crippen LogP contribution is 2.25. The molecule has 0 spiro atoms. The van der Waals surface area contributed by atoms with Crippen LogP contribution in [0.4, 0.5) is 0 Å². The Kier molecular flexibility index (Phi) is 9.92. The molecule has 0 aliphatic rings. The molecule has 0 nitrogen and oxygen atoms in total. The van der Waals surface area contributed by atoms with Gasteiger partial charge in [0.15, 0.2) is 0 Å². The lowest BCUT2D eigenvalue weighted by atomic mass is 9.91. The fraction of sp³-hybridized carbons (Fsp3) is 0.333. The monoisotopic (exact) mass is 276 g/mol. The number of allylic oxidation sites excluding steroid dienone is 5. The number of benzene rings is 1. The summed E-state index contributed by atoms with van der Waals surface area (Å²) in [4.78, 5) is 0.